The van der Waals surface area contributed by atoms with Crippen LogP contribution >= 0.6 is 15.9 Å². The molecule has 1 saturated heterocycles. The molecule has 3 unspecified atom stereocenters. The highest BCUT2D eigenvalue weighted by Crippen LogP contribution is 2.32. The van der Waals surface area contributed by atoms with Crippen LogP contribution in [0.25, 0.3) is 0 Å². The van der Waals surface area contributed by atoms with E-state index in [1.165, 1.54) is 55.1 Å². The van der Waals surface area contributed by atoms with Crippen molar-refractivity contribution in [3.8, 4) is 0 Å². The van der Waals surface area contributed by atoms with E-state index in [0.717, 1.165) is 18.5 Å². The lowest BCUT2D eigenvalue weighted by Crippen LogP contribution is -2.46. The third kappa shape index (κ3) is 3.44. The number of benzene rings is 1. The Morgan fingerprint density at radius 1 is 1.10 bits per heavy atom. The number of nitrogens with one attached hydrogen (secondary N) is 2. The number of hydrogen-bond donors (Lipinski definition) is 2. The van der Waals surface area contributed by atoms with E-state index in [9.17, 15) is 0 Å². The maximum absolute atomic E-state index is 3.82. The molecule has 2 N–H and O–H groups in total. The van der Waals surface area contributed by atoms with Gasteiger partial charge in [0.05, 0.1) is 0 Å². The first-order chi connectivity index (χ1) is 9.84. The second kappa shape index (κ2) is 7.06. The van der Waals surface area contributed by atoms with Crippen LogP contribution in [0.4, 0.5) is 0 Å². The molecule has 0 amide bonds. The van der Waals surface area contributed by atoms with Crippen molar-refractivity contribution in [1.29, 1.82) is 0 Å². The van der Waals surface area contributed by atoms with Gasteiger partial charge in [0, 0.05) is 23.1 Å². The summed E-state index contributed by atoms with van der Waals surface area (Å²) in [6.45, 7) is 2.20. The van der Waals surface area contributed by atoms with Gasteiger partial charge in [0.2, 0.25) is 0 Å². The Hall–Kier alpha value is -0.380. The molecule has 0 spiro atoms. The summed E-state index contributed by atoms with van der Waals surface area (Å²) in [6, 6.07) is 9.99. The van der Waals surface area contributed by atoms with E-state index >= 15 is 0 Å². The molecule has 1 heterocycles. The molecular formula is C17H25BrN2. The normalized spacial score (nSPS) is 30.6. The fourth-order valence-corrected chi connectivity index (χ4v) is 4.28. The van der Waals surface area contributed by atoms with Crippen LogP contribution in [0.2, 0.25) is 0 Å². The van der Waals surface area contributed by atoms with Crippen LogP contribution in [0.3, 0.4) is 0 Å². The maximum atomic E-state index is 3.82. The minimum atomic E-state index is 0.692. The predicted molar refractivity (Wildman–Crippen MR) is 87.8 cm³/mol. The molecule has 0 radical (unpaired) electrons. The third-order valence-corrected chi connectivity index (χ3v) is 5.72. The average Bonchev–Trinajstić information content (AvgIpc) is 2.96. The minimum absolute atomic E-state index is 0.692. The van der Waals surface area contributed by atoms with Gasteiger partial charge in [-0.3, -0.25) is 0 Å². The Balaban J connectivity index is 1.57. The Morgan fingerprint density at radius 3 is 2.80 bits per heavy atom. The van der Waals surface area contributed by atoms with Gasteiger partial charge in [-0.25, -0.2) is 0 Å². The zero-order chi connectivity index (χ0) is 13.8. The summed E-state index contributed by atoms with van der Waals surface area (Å²) in [5.41, 5.74) is 1.37. The summed E-state index contributed by atoms with van der Waals surface area (Å²) < 4.78 is 1.22. The smallest absolute Gasteiger partial charge is 0.0220 e. The molecule has 3 rings (SSSR count). The quantitative estimate of drug-likeness (QED) is 0.872. The first-order valence-electron chi connectivity index (χ1n) is 8.05. The van der Waals surface area contributed by atoms with E-state index in [1.807, 2.05) is 0 Å². The molecule has 2 nitrogen and oxygen atoms in total. The predicted octanol–water partition coefficient (Wildman–Crippen LogP) is 3.85. The van der Waals surface area contributed by atoms with Crippen molar-refractivity contribution in [3.05, 3.63) is 34.3 Å². The molecule has 1 aromatic carbocycles. The maximum Gasteiger partial charge on any atom is 0.0220 e. The van der Waals surface area contributed by atoms with E-state index in [-0.39, 0.29) is 0 Å². The molecule has 20 heavy (non-hydrogen) atoms. The van der Waals surface area contributed by atoms with Crippen molar-refractivity contribution >= 4 is 15.9 Å². The van der Waals surface area contributed by atoms with Crippen LogP contribution in [0.1, 0.15) is 44.1 Å². The summed E-state index contributed by atoms with van der Waals surface area (Å²) in [7, 11) is 0. The standard InChI is InChI=1S/C17H25BrN2/c18-15-8-2-1-6-13(15)12-20-17-10-5-7-14(17)16-9-3-4-11-19-16/h1-2,6,8,14,16-17,19-20H,3-5,7,9-12H2. The van der Waals surface area contributed by atoms with Crippen molar-refractivity contribution in [1.82, 2.24) is 10.6 Å². The van der Waals surface area contributed by atoms with Gasteiger partial charge in [0.25, 0.3) is 0 Å². The van der Waals surface area contributed by atoms with Crippen LogP contribution in [-0.2, 0) is 6.54 Å². The largest absolute Gasteiger partial charge is 0.314 e. The lowest BCUT2D eigenvalue weighted by molar-refractivity contribution is 0.257. The van der Waals surface area contributed by atoms with Crippen molar-refractivity contribution < 1.29 is 0 Å². The Bertz CT molecular complexity index is 429. The van der Waals surface area contributed by atoms with Gasteiger partial charge < -0.3 is 10.6 Å². The number of halogens is 1. The molecule has 3 atom stereocenters. The molecule has 0 bridgehead atoms. The average molecular weight is 337 g/mol. The highest BCUT2D eigenvalue weighted by Gasteiger charge is 2.33. The van der Waals surface area contributed by atoms with Gasteiger partial charge in [-0.2, -0.15) is 0 Å². The molecule has 2 fully saturated rings. The number of rotatable bonds is 4. The van der Waals surface area contributed by atoms with E-state index in [1.54, 1.807) is 0 Å². The first kappa shape index (κ1) is 14.6. The SMILES string of the molecule is Brc1ccccc1CNC1CCCC1C1CCCCN1. The minimum Gasteiger partial charge on any atom is -0.314 e. The molecule has 2 aliphatic rings. The second-order valence-corrected chi connectivity index (χ2v) is 7.08. The van der Waals surface area contributed by atoms with Gasteiger partial charge in [-0.1, -0.05) is 47.0 Å². The third-order valence-electron chi connectivity index (χ3n) is 4.95. The van der Waals surface area contributed by atoms with Crippen molar-refractivity contribution in [2.24, 2.45) is 5.92 Å². The fourth-order valence-electron chi connectivity index (χ4n) is 3.85. The van der Waals surface area contributed by atoms with Gasteiger partial charge in [-0.05, 0) is 49.8 Å². The summed E-state index contributed by atoms with van der Waals surface area (Å²) in [4.78, 5) is 0. The Morgan fingerprint density at radius 2 is 2.00 bits per heavy atom. The zero-order valence-corrected chi connectivity index (χ0v) is 13.7. The van der Waals surface area contributed by atoms with E-state index in [0.29, 0.717) is 6.04 Å². The van der Waals surface area contributed by atoms with E-state index < -0.39 is 0 Å². The summed E-state index contributed by atoms with van der Waals surface area (Å²) in [5.74, 6) is 0.831. The van der Waals surface area contributed by atoms with Crippen LogP contribution in [0, 0.1) is 5.92 Å². The van der Waals surface area contributed by atoms with E-state index in [2.05, 4.69) is 50.8 Å². The molecule has 0 aromatic heterocycles. The number of hydrogen-bond acceptors (Lipinski definition) is 2. The second-order valence-electron chi connectivity index (χ2n) is 6.23. The molecule has 1 saturated carbocycles. The molecule has 1 aliphatic heterocycles. The fraction of sp³-hybridized carbons (Fsp3) is 0.647. The number of piperidine rings is 1. The molecular weight excluding hydrogens is 312 g/mol. The van der Waals surface area contributed by atoms with Gasteiger partial charge in [0.15, 0.2) is 0 Å². The van der Waals surface area contributed by atoms with Crippen molar-refractivity contribution in [2.45, 2.75) is 57.2 Å². The van der Waals surface area contributed by atoms with Crippen LogP contribution in [-0.4, -0.2) is 18.6 Å². The van der Waals surface area contributed by atoms with Crippen molar-refractivity contribution in [2.75, 3.05) is 6.54 Å². The molecule has 3 heteroatoms. The lowest BCUT2D eigenvalue weighted by atomic mass is 9.88. The highest BCUT2D eigenvalue weighted by atomic mass is 79.9. The summed E-state index contributed by atoms with van der Waals surface area (Å²) in [6.07, 6.45) is 8.26. The van der Waals surface area contributed by atoms with Crippen LogP contribution < -0.4 is 10.6 Å². The Kier molecular flexibility index (Phi) is 5.14. The van der Waals surface area contributed by atoms with Gasteiger partial charge in [0.1, 0.15) is 0 Å². The monoisotopic (exact) mass is 336 g/mol. The van der Waals surface area contributed by atoms with Crippen LogP contribution in [0.15, 0.2) is 28.7 Å². The summed E-state index contributed by atoms with van der Waals surface area (Å²) >= 11 is 3.65. The van der Waals surface area contributed by atoms with Gasteiger partial charge in [-0.15, -0.1) is 0 Å². The molecule has 1 aromatic rings. The van der Waals surface area contributed by atoms with Crippen LogP contribution in [0.5, 0.6) is 0 Å². The first-order valence-corrected chi connectivity index (χ1v) is 8.84. The van der Waals surface area contributed by atoms with Gasteiger partial charge >= 0.3 is 0 Å². The zero-order valence-electron chi connectivity index (χ0n) is 12.1. The Labute approximate surface area is 130 Å². The van der Waals surface area contributed by atoms with E-state index in [4.69, 9.17) is 0 Å². The summed E-state index contributed by atoms with van der Waals surface area (Å²) in [5, 5.41) is 7.57. The molecule has 1 aliphatic carbocycles. The lowest BCUT2D eigenvalue weighted by Gasteiger charge is -2.33. The highest BCUT2D eigenvalue weighted by molar-refractivity contribution is 9.10. The van der Waals surface area contributed by atoms with Crippen molar-refractivity contribution in [3.63, 3.8) is 0 Å². The molecule has 110 valence electrons. The topological polar surface area (TPSA) is 24.1 Å².